The van der Waals surface area contributed by atoms with Crippen molar-refractivity contribution in [3.05, 3.63) is 69.2 Å². The number of carbonyl (C=O) groups is 2. The first-order valence-electron chi connectivity index (χ1n) is 11.6. The molecule has 6 heteroatoms. The molecule has 2 atom stereocenters. The quantitative estimate of drug-likeness (QED) is 0.350. The van der Waals surface area contributed by atoms with Crippen LogP contribution < -0.4 is 0 Å². The van der Waals surface area contributed by atoms with E-state index >= 15 is 0 Å². The van der Waals surface area contributed by atoms with Gasteiger partial charge in [0.1, 0.15) is 12.6 Å². The van der Waals surface area contributed by atoms with Crippen LogP contribution in [0.1, 0.15) is 75.2 Å². The first-order chi connectivity index (χ1) is 15.8. The van der Waals surface area contributed by atoms with Crippen LogP contribution in [0.15, 0.2) is 52.9 Å². The largest absolute Gasteiger partial charge is 0.446 e. The van der Waals surface area contributed by atoms with Crippen molar-refractivity contribution in [3.63, 3.8) is 0 Å². The van der Waals surface area contributed by atoms with Gasteiger partial charge in [-0.2, -0.15) is 0 Å². The lowest BCUT2D eigenvalue weighted by molar-refractivity contribution is -0.133. The fourth-order valence-electron chi connectivity index (χ4n) is 4.05. The second kappa shape index (κ2) is 11.9. The summed E-state index contributed by atoms with van der Waals surface area (Å²) in [5, 5.41) is 3.18. The second-order valence-electron chi connectivity index (χ2n) is 8.88. The van der Waals surface area contributed by atoms with Gasteiger partial charge in [0.2, 0.25) is 5.91 Å². The number of carbonyl (C=O) groups excluding carboxylic acids is 2. The Kier molecular flexibility index (Phi) is 9.01. The summed E-state index contributed by atoms with van der Waals surface area (Å²) in [6.07, 6.45) is 8.56. The van der Waals surface area contributed by atoms with Crippen LogP contribution in [0.5, 0.6) is 0 Å². The van der Waals surface area contributed by atoms with E-state index in [2.05, 4.69) is 36.4 Å². The molecule has 2 amide bonds. The zero-order valence-electron chi connectivity index (χ0n) is 20.0. The molecule has 2 heterocycles. The second-order valence-corrected chi connectivity index (χ2v) is 9.94. The predicted molar refractivity (Wildman–Crippen MR) is 134 cm³/mol. The SMILES string of the molecule is C/C(=C/CC/C(C)=C/c1csc(C)n1)CCCC(C)C(=O)N1C(=O)OCC1c1ccccc1. The number of aromatic nitrogens is 1. The molecule has 0 spiro atoms. The smallest absolute Gasteiger partial charge is 0.417 e. The Hall–Kier alpha value is -2.73. The van der Waals surface area contributed by atoms with Gasteiger partial charge in [0, 0.05) is 11.3 Å². The van der Waals surface area contributed by atoms with Gasteiger partial charge in [-0.05, 0) is 64.5 Å². The zero-order valence-corrected chi connectivity index (χ0v) is 20.9. The molecule has 0 aliphatic carbocycles. The summed E-state index contributed by atoms with van der Waals surface area (Å²) >= 11 is 1.68. The predicted octanol–water partition coefficient (Wildman–Crippen LogP) is 7.11. The fraction of sp³-hybridized carbons (Fsp3) is 0.444. The Morgan fingerprint density at radius 1 is 1.24 bits per heavy atom. The molecule has 1 aromatic heterocycles. The molecule has 5 nitrogen and oxygen atoms in total. The molecule has 0 radical (unpaired) electrons. The Bertz CT molecular complexity index is 1010. The summed E-state index contributed by atoms with van der Waals surface area (Å²) in [7, 11) is 0. The molecule has 2 aromatic rings. The maximum atomic E-state index is 13.0. The number of hydrogen-bond donors (Lipinski definition) is 0. The first kappa shape index (κ1) is 24.9. The molecule has 3 rings (SSSR count). The van der Waals surface area contributed by atoms with E-state index in [4.69, 9.17) is 4.74 Å². The van der Waals surface area contributed by atoms with Crippen molar-refractivity contribution in [2.75, 3.05) is 6.61 Å². The van der Waals surface area contributed by atoms with Crippen LogP contribution in [0, 0.1) is 12.8 Å². The van der Waals surface area contributed by atoms with Crippen molar-refractivity contribution in [1.82, 2.24) is 9.88 Å². The molecule has 1 aromatic carbocycles. The average Bonchev–Trinajstić information content (AvgIpc) is 3.38. The van der Waals surface area contributed by atoms with E-state index in [9.17, 15) is 9.59 Å². The van der Waals surface area contributed by atoms with E-state index in [-0.39, 0.29) is 24.5 Å². The summed E-state index contributed by atoms with van der Waals surface area (Å²) in [6, 6.07) is 9.28. The Balaban J connectivity index is 1.44. The third-order valence-corrected chi connectivity index (χ3v) is 6.78. The third-order valence-electron chi connectivity index (χ3n) is 5.99. The van der Waals surface area contributed by atoms with E-state index in [1.54, 1.807) is 11.3 Å². The van der Waals surface area contributed by atoms with E-state index in [1.807, 2.05) is 44.2 Å². The van der Waals surface area contributed by atoms with Gasteiger partial charge < -0.3 is 4.74 Å². The van der Waals surface area contributed by atoms with Gasteiger partial charge in [-0.15, -0.1) is 11.3 Å². The van der Waals surface area contributed by atoms with Gasteiger partial charge in [0.15, 0.2) is 0 Å². The van der Waals surface area contributed by atoms with Crippen molar-refractivity contribution in [3.8, 4) is 0 Å². The van der Waals surface area contributed by atoms with E-state index in [1.165, 1.54) is 16.0 Å². The van der Waals surface area contributed by atoms with Crippen molar-refractivity contribution in [2.24, 2.45) is 5.92 Å². The van der Waals surface area contributed by atoms with Crippen molar-refractivity contribution in [1.29, 1.82) is 0 Å². The van der Waals surface area contributed by atoms with Crippen molar-refractivity contribution in [2.45, 2.75) is 65.8 Å². The highest BCUT2D eigenvalue weighted by Gasteiger charge is 2.40. The maximum absolute atomic E-state index is 13.0. The molecule has 1 fully saturated rings. The van der Waals surface area contributed by atoms with Gasteiger partial charge in [-0.25, -0.2) is 14.7 Å². The number of benzene rings is 1. The Labute approximate surface area is 201 Å². The topological polar surface area (TPSA) is 59.5 Å². The molecular formula is C27H34N2O3S. The summed E-state index contributed by atoms with van der Waals surface area (Å²) in [5.41, 5.74) is 4.64. The van der Waals surface area contributed by atoms with Crippen LogP contribution in [-0.4, -0.2) is 28.5 Å². The summed E-state index contributed by atoms with van der Waals surface area (Å²) in [4.78, 5) is 31.0. The number of cyclic esters (lactones) is 1. The third kappa shape index (κ3) is 7.13. The van der Waals surface area contributed by atoms with Gasteiger partial charge in [0.25, 0.3) is 0 Å². The lowest BCUT2D eigenvalue weighted by atomic mass is 9.98. The normalized spacial score (nSPS) is 17.9. The monoisotopic (exact) mass is 466 g/mol. The van der Waals surface area contributed by atoms with Crippen LogP contribution in [-0.2, 0) is 9.53 Å². The van der Waals surface area contributed by atoms with Gasteiger partial charge in [-0.3, -0.25) is 4.79 Å². The van der Waals surface area contributed by atoms with Crippen LogP contribution in [0.2, 0.25) is 0 Å². The molecule has 33 heavy (non-hydrogen) atoms. The summed E-state index contributed by atoms with van der Waals surface area (Å²) in [5.74, 6) is -0.368. The maximum Gasteiger partial charge on any atom is 0.417 e. The lowest BCUT2D eigenvalue weighted by Crippen LogP contribution is -2.37. The highest BCUT2D eigenvalue weighted by molar-refractivity contribution is 7.09. The molecule has 0 bridgehead atoms. The van der Waals surface area contributed by atoms with Crippen LogP contribution in [0.4, 0.5) is 4.79 Å². The van der Waals surface area contributed by atoms with E-state index in [0.717, 1.165) is 48.4 Å². The highest BCUT2D eigenvalue weighted by Crippen LogP contribution is 2.30. The number of amides is 2. The highest BCUT2D eigenvalue weighted by atomic mass is 32.1. The van der Waals surface area contributed by atoms with Gasteiger partial charge >= 0.3 is 6.09 Å². The summed E-state index contributed by atoms with van der Waals surface area (Å²) < 4.78 is 5.20. The Morgan fingerprint density at radius 2 is 2.00 bits per heavy atom. The number of allylic oxidation sites excluding steroid dienone is 3. The van der Waals surface area contributed by atoms with Crippen LogP contribution >= 0.6 is 11.3 Å². The molecular weight excluding hydrogens is 432 g/mol. The molecule has 0 saturated carbocycles. The molecule has 1 saturated heterocycles. The molecule has 2 unspecified atom stereocenters. The lowest BCUT2D eigenvalue weighted by Gasteiger charge is -2.23. The minimum absolute atomic E-state index is 0.147. The number of hydrogen-bond acceptors (Lipinski definition) is 5. The number of rotatable bonds is 10. The number of ether oxygens (including phenoxy) is 1. The molecule has 0 N–H and O–H groups in total. The van der Waals surface area contributed by atoms with Crippen molar-refractivity contribution < 1.29 is 14.3 Å². The molecule has 176 valence electrons. The van der Waals surface area contributed by atoms with Crippen molar-refractivity contribution >= 4 is 29.4 Å². The standard InChI is InChI=1S/C27H34N2O3S/c1-19(10-8-12-20(2)16-24-18-33-22(4)28-24)11-9-13-21(3)26(30)29-25(17-32-27(29)31)23-14-6-5-7-15-23/h5-7,10,14-16,18,21,25H,8-9,11-13,17H2,1-4H3/b19-10-,20-16+. The number of nitrogens with zero attached hydrogens (tertiary/aromatic N) is 2. The van der Waals surface area contributed by atoms with E-state index in [0.29, 0.717) is 0 Å². The number of aryl methyl sites for hydroxylation is 1. The number of thiazole rings is 1. The fourth-order valence-corrected chi connectivity index (χ4v) is 4.62. The minimum Gasteiger partial charge on any atom is -0.446 e. The van der Waals surface area contributed by atoms with Crippen LogP contribution in [0.25, 0.3) is 6.08 Å². The van der Waals surface area contributed by atoms with Gasteiger partial charge in [-0.1, -0.05) is 54.5 Å². The Morgan fingerprint density at radius 3 is 2.70 bits per heavy atom. The average molecular weight is 467 g/mol. The first-order valence-corrected chi connectivity index (χ1v) is 12.5. The molecule has 1 aliphatic heterocycles. The van der Waals surface area contributed by atoms with Crippen LogP contribution in [0.3, 0.4) is 0 Å². The van der Waals surface area contributed by atoms with E-state index < -0.39 is 6.09 Å². The number of imide groups is 1. The summed E-state index contributed by atoms with van der Waals surface area (Å²) in [6.45, 7) is 8.45. The zero-order chi connectivity index (χ0) is 23.8. The minimum atomic E-state index is -0.534. The van der Waals surface area contributed by atoms with Gasteiger partial charge in [0.05, 0.1) is 10.7 Å². The molecule has 1 aliphatic rings.